The molecule has 0 bridgehead atoms. The van der Waals surface area contributed by atoms with E-state index < -0.39 is 0 Å². The minimum atomic E-state index is -0.272. The van der Waals surface area contributed by atoms with Gasteiger partial charge in [-0.2, -0.15) is 0 Å². The zero-order chi connectivity index (χ0) is 18.4. The number of carbonyl (C=O) groups is 1. The molecule has 2 aromatic carbocycles. The first-order valence-electron chi connectivity index (χ1n) is 8.11. The van der Waals surface area contributed by atoms with Crippen LogP contribution in [0.1, 0.15) is 16.1 Å². The summed E-state index contributed by atoms with van der Waals surface area (Å²) in [4.78, 5) is 16.5. The van der Waals surface area contributed by atoms with E-state index in [1.165, 1.54) is 0 Å². The van der Waals surface area contributed by atoms with Crippen LogP contribution in [0.4, 0.5) is 11.4 Å². The van der Waals surface area contributed by atoms with Crippen molar-refractivity contribution >= 4 is 40.5 Å². The van der Waals surface area contributed by atoms with E-state index in [4.69, 9.17) is 23.2 Å². The first-order chi connectivity index (χ1) is 12.6. The van der Waals surface area contributed by atoms with Crippen molar-refractivity contribution in [1.82, 2.24) is 4.98 Å². The number of halogens is 2. The smallest absolute Gasteiger partial charge is 0.274 e. The van der Waals surface area contributed by atoms with Gasteiger partial charge in [0, 0.05) is 34.2 Å². The Morgan fingerprint density at radius 2 is 1.73 bits per heavy atom. The monoisotopic (exact) mass is 385 g/mol. The molecule has 3 aromatic rings. The van der Waals surface area contributed by atoms with Crippen LogP contribution in [0.15, 0.2) is 66.9 Å². The van der Waals surface area contributed by atoms with E-state index in [0.717, 1.165) is 29.2 Å². The molecule has 0 aliphatic rings. The van der Waals surface area contributed by atoms with Crippen LogP contribution in [0, 0.1) is 0 Å². The van der Waals surface area contributed by atoms with Gasteiger partial charge < -0.3 is 10.6 Å². The molecule has 0 aliphatic heterocycles. The Morgan fingerprint density at radius 1 is 0.923 bits per heavy atom. The number of nitrogens with one attached hydrogen (secondary N) is 2. The highest BCUT2D eigenvalue weighted by Crippen LogP contribution is 2.16. The first-order valence-corrected chi connectivity index (χ1v) is 8.87. The Bertz CT molecular complexity index is 898. The number of pyridine rings is 1. The number of carbonyl (C=O) groups excluding carboxylic acids is 1. The maximum Gasteiger partial charge on any atom is 0.274 e. The number of rotatable bonds is 6. The fraction of sp³-hybridized carbons (Fsp3) is 0.100. The van der Waals surface area contributed by atoms with Crippen molar-refractivity contribution in [2.75, 3.05) is 17.2 Å². The molecule has 0 saturated heterocycles. The van der Waals surface area contributed by atoms with Gasteiger partial charge in [-0.25, -0.2) is 0 Å². The van der Waals surface area contributed by atoms with Crippen LogP contribution in [0.3, 0.4) is 0 Å². The number of hydrogen-bond donors (Lipinski definition) is 2. The molecule has 0 spiro atoms. The summed E-state index contributed by atoms with van der Waals surface area (Å²) in [6, 6.07) is 18.2. The molecule has 4 nitrogen and oxygen atoms in total. The second-order valence-electron chi connectivity index (χ2n) is 5.70. The van der Waals surface area contributed by atoms with Gasteiger partial charge in [-0.15, -0.1) is 0 Å². The van der Waals surface area contributed by atoms with Gasteiger partial charge in [0.05, 0.1) is 0 Å². The van der Waals surface area contributed by atoms with Gasteiger partial charge in [-0.1, -0.05) is 35.3 Å². The van der Waals surface area contributed by atoms with Crippen LogP contribution >= 0.6 is 23.2 Å². The van der Waals surface area contributed by atoms with Crippen LogP contribution in [-0.4, -0.2) is 17.4 Å². The number of amides is 1. The van der Waals surface area contributed by atoms with Crippen molar-refractivity contribution in [1.29, 1.82) is 0 Å². The minimum Gasteiger partial charge on any atom is -0.385 e. The van der Waals surface area contributed by atoms with Gasteiger partial charge in [0.25, 0.3) is 5.91 Å². The molecule has 3 rings (SSSR count). The van der Waals surface area contributed by atoms with Gasteiger partial charge in [0.2, 0.25) is 0 Å². The maximum absolute atomic E-state index is 12.3. The summed E-state index contributed by atoms with van der Waals surface area (Å²) < 4.78 is 0. The van der Waals surface area contributed by atoms with E-state index in [1.54, 1.807) is 36.5 Å². The van der Waals surface area contributed by atoms with Crippen molar-refractivity contribution in [2.45, 2.75) is 6.42 Å². The molecule has 0 aliphatic carbocycles. The molecular weight excluding hydrogens is 369 g/mol. The Hall–Kier alpha value is -2.56. The van der Waals surface area contributed by atoms with E-state index in [9.17, 15) is 4.79 Å². The zero-order valence-electron chi connectivity index (χ0n) is 13.9. The third-order valence-corrected chi connectivity index (χ3v) is 4.21. The Balaban J connectivity index is 1.58. The van der Waals surface area contributed by atoms with Crippen LogP contribution in [0.5, 0.6) is 0 Å². The third-order valence-electron chi connectivity index (χ3n) is 3.73. The summed E-state index contributed by atoms with van der Waals surface area (Å²) >= 11 is 11.8. The van der Waals surface area contributed by atoms with Crippen molar-refractivity contribution < 1.29 is 4.79 Å². The fourth-order valence-corrected chi connectivity index (χ4v) is 2.78. The summed E-state index contributed by atoms with van der Waals surface area (Å²) in [5.74, 6) is -0.272. The largest absolute Gasteiger partial charge is 0.385 e. The molecule has 0 atom stereocenters. The van der Waals surface area contributed by atoms with Gasteiger partial charge >= 0.3 is 0 Å². The highest BCUT2D eigenvalue weighted by atomic mass is 35.5. The van der Waals surface area contributed by atoms with Gasteiger partial charge in [0.15, 0.2) is 0 Å². The van der Waals surface area contributed by atoms with Crippen LogP contribution in [0.25, 0.3) is 0 Å². The first kappa shape index (κ1) is 18.2. The lowest BCUT2D eigenvalue weighted by molar-refractivity contribution is 0.102. The summed E-state index contributed by atoms with van der Waals surface area (Å²) in [7, 11) is 0. The van der Waals surface area contributed by atoms with Crippen molar-refractivity contribution in [3.05, 3.63) is 88.2 Å². The highest BCUT2D eigenvalue weighted by Gasteiger charge is 2.08. The van der Waals surface area contributed by atoms with Crippen LogP contribution in [0.2, 0.25) is 10.0 Å². The summed E-state index contributed by atoms with van der Waals surface area (Å²) in [6.45, 7) is 0.725. The topological polar surface area (TPSA) is 54.0 Å². The molecule has 2 N–H and O–H groups in total. The molecule has 1 aromatic heterocycles. The number of hydrogen-bond acceptors (Lipinski definition) is 3. The lowest BCUT2D eigenvalue weighted by Crippen LogP contribution is -2.14. The van der Waals surface area contributed by atoms with E-state index in [2.05, 4.69) is 15.6 Å². The van der Waals surface area contributed by atoms with Crippen molar-refractivity contribution in [3.63, 3.8) is 0 Å². The molecule has 26 heavy (non-hydrogen) atoms. The highest BCUT2D eigenvalue weighted by molar-refractivity contribution is 6.30. The maximum atomic E-state index is 12.3. The van der Waals surface area contributed by atoms with Crippen molar-refractivity contribution in [3.8, 4) is 0 Å². The molecule has 0 saturated carbocycles. The standard InChI is InChI=1S/C20H17Cl2N3O/c21-15-4-6-17(7-5-15)25-20(26)19-13-18(9-11-24-19)23-10-8-14-2-1-3-16(22)12-14/h1-7,9,11-13H,8,10H2,(H,23,24)(H,25,26). The number of benzene rings is 2. The second-order valence-corrected chi connectivity index (χ2v) is 6.57. The normalized spacial score (nSPS) is 10.4. The molecule has 0 fully saturated rings. The predicted octanol–water partition coefficient (Wildman–Crippen LogP) is 5.30. The van der Waals surface area contributed by atoms with E-state index in [1.807, 2.05) is 30.3 Å². The molecule has 1 heterocycles. The summed E-state index contributed by atoms with van der Waals surface area (Å²) in [6.07, 6.45) is 2.44. The van der Waals surface area contributed by atoms with Crippen molar-refractivity contribution in [2.24, 2.45) is 0 Å². The van der Waals surface area contributed by atoms with E-state index >= 15 is 0 Å². The van der Waals surface area contributed by atoms with Crippen LogP contribution in [-0.2, 0) is 6.42 Å². The van der Waals surface area contributed by atoms with E-state index in [-0.39, 0.29) is 5.91 Å². The number of aromatic nitrogens is 1. The Labute approximate surface area is 162 Å². The van der Waals surface area contributed by atoms with Crippen LogP contribution < -0.4 is 10.6 Å². The summed E-state index contributed by atoms with van der Waals surface area (Å²) in [5, 5.41) is 7.44. The average molecular weight is 386 g/mol. The second kappa shape index (κ2) is 8.70. The van der Waals surface area contributed by atoms with E-state index in [0.29, 0.717) is 16.4 Å². The predicted molar refractivity (Wildman–Crippen MR) is 107 cm³/mol. The van der Waals surface area contributed by atoms with Gasteiger partial charge in [-0.3, -0.25) is 9.78 Å². The number of nitrogens with zero attached hydrogens (tertiary/aromatic N) is 1. The Morgan fingerprint density at radius 3 is 2.50 bits per heavy atom. The van der Waals surface area contributed by atoms with Gasteiger partial charge in [0.1, 0.15) is 5.69 Å². The zero-order valence-corrected chi connectivity index (χ0v) is 15.4. The Kier molecular flexibility index (Phi) is 6.10. The molecule has 0 unspecified atom stereocenters. The average Bonchev–Trinajstić information content (AvgIpc) is 2.64. The molecule has 0 radical (unpaired) electrons. The molecular formula is C20H17Cl2N3O. The molecule has 132 valence electrons. The minimum absolute atomic E-state index is 0.272. The quantitative estimate of drug-likeness (QED) is 0.605. The summed E-state index contributed by atoms with van der Waals surface area (Å²) in [5.41, 5.74) is 3.00. The fourth-order valence-electron chi connectivity index (χ4n) is 2.44. The SMILES string of the molecule is O=C(Nc1ccc(Cl)cc1)c1cc(NCCc2cccc(Cl)c2)ccn1. The molecule has 6 heteroatoms. The lowest BCUT2D eigenvalue weighted by Gasteiger charge is -2.09. The lowest BCUT2D eigenvalue weighted by atomic mass is 10.1. The van der Waals surface area contributed by atoms with Gasteiger partial charge in [-0.05, 0) is 60.5 Å². The number of anilines is 2. The molecule has 1 amide bonds. The third kappa shape index (κ3) is 5.22.